The Morgan fingerprint density at radius 2 is 2.04 bits per heavy atom. The number of nitrogens with zero attached hydrogens (tertiary/aromatic N) is 3. The van der Waals surface area contributed by atoms with Crippen LogP contribution < -0.4 is 10.6 Å². The van der Waals surface area contributed by atoms with Crippen molar-refractivity contribution in [1.82, 2.24) is 19.9 Å². The van der Waals surface area contributed by atoms with Crippen LogP contribution in [-0.4, -0.2) is 32.9 Å². The number of carbonyl (C=O) groups is 2. The lowest BCUT2D eigenvalue weighted by atomic mass is 10.2. The van der Waals surface area contributed by atoms with Gasteiger partial charge in [0.25, 0.3) is 5.91 Å². The van der Waals surface area contributed by atoms with Gasteiger partial charge in [0.05, 0.1) is 11.9 Å². The van der Waals surface area contributed by atoms with Gasteiger partial charge in [-0.1, -0.05) is 19.8 Å². The predicted molar refractivity (Wildman–Crippen MR) is 87.5 cm³/mol. The predicted octanol–water partition coefficient (Wildman–Crippen LogP) is 2.15. The van der Waals surface area contributed by atoms with Gasteiger partial charge >= 0.3 is 0 Å². The van der Waals surface area contributed by atoms with Gasteiger partial charge in [0.2, 0.25) is 5.91 Å². The Labute approximate surface area is 135 Å². The highest BCUT2D eigenvalue weighted by molar-refractivity contribution is 5.92. The third-order valence-electron chi connectivity index (χ3n) is 3.21. The summed E-state index contributed by atoms with van der Waals surface area (Å²) in [4.78, 5) is 31.3. The van der Waals surface area contributed by atoms with Crippen LogP contribution in [0.2, 0.25) is 0 Å². The van der Waals surface area contributed by atoms with Gasteiger partial charge in [0.15, 0.2) is 0 Å². The highest BCUT2D eigenvalue weighted by Gasteiger charge is 2.10. The third-order valence-corrected chi connectivity index (χ3v) is 3.21. The molecule has 2 aromatic rings. The topological polar surface area (TPSA) is 88.9 Å². The van der Waals surface area contributed by atoms with E-state index in [0.717, 1.165) is 19.3 Å². The Kier molecular flexibility index (Phi) is 5.85. The van der Waals surface area contributed by atoms with Gasteiger partial charge in [-0.15, -0.1) is 0 Å². The first-order chi connectivity index (χ1) is 11.1. The normalized spacial score (nSPS) is 10.3. The van der Waals surface area contributed by atoms with Crippen LogP contribution >= 0.6 is 0 Å². The van der Waals surface area contributed by atoms with E-state index in [9.17, 15) is 9.59 Å². The van der Waals surface area contributed by atoms with E-state index < -0.39 is 0 Å². The third kappa shape index (κ3) is 4.91. The molecule has 7 nitrogen and oxygen atoms in total. The summed E-state index contributed by atoms with van der Waals surface area (Å²) in [6, 6.07) is 3.49. The van der Waals surface area contributed by atoms with Gasteiger partial charge in [0.1, 0.15) is 17.8 Å². The molecule has 0 aliphatic carbocycles. The summed E-state index contributed by atoms with van der Waals surface area (Å²) in [6.07, 6.45) is 7.91. The second-order valence-corrected chi connectivity index (χ2v) is 5.22. The molecular formula is C16H21N5O2. The number of unbranched alkanes of at least 4 members (excludes halogenated alkanes) is 2. The molecule has 23 heavy (non-hydrogen) atoms. The van der Waals surface area contributed by atoms with Crippen molar-refractivity contribution < 1.29 is 9.59 Å². The van der Waals surface area contributed by atoms with Gasteiger partial charge in [-0.25, -0.2) is 9.97 Å². The minimum atomic E-state index is -0.185. The summed E-state index contributed by atoms with van der Waals surface area (Å²) in [5.41, 5.74) is 0.976. The number of rotatable bonds is 7. The van der Waals surface area contributed by atoms with E-state index in [4.69, 9.17) is 0 Å². The van der Waals surface area contributed by atoms with Crippen molar-refractivity contribution in [2.24, 2.45) is 0 Å². The van der Waals surface area contributed by atoms with Gasteiger partial charge < -0.3 is 10.6 Å². The standard InChI is InChI=1S/C16H21N5O2/c1-3-4-5-8-17-16(23)14-10-21(11-19-14)15-7-6-13(9-18-15)20-12(2)22/h6-7,9-11H,3-5,8H2,1-2H3,(H,17,23)(H,20,22). The average molecular weight is 315 g/mol. The molecule has 0 aromatic carbocycles. The molecule has 0 aliphatic heterocycles. The molecule has 2 rings (SSSR count). The van der Waals surface area contributed by atoms with Crippen LogP contribution in [0.5, 0.6) is 0 Å². The molecule has 0 fully saturated rings. The van der Waals surface area contributed by atoms with Crippen molar-refractivity contribution >= 4 is 17.5 Å². The van der Waals surface area contributed by atoms with Crippen LogP contribution in [0.4, 0.5) is 5.69 Å². The van der Waals surface area contributed by atoms with Crippen molar-refractivity contribution in [3.8, 4) is 5.82 Å². The van der Waals surface area contributed by atoms with Crippen LogP contribution in [0.3, 0.4) is 0 Å². The molecule has 2 amide bonds. The quantitative estimate of drug-likeness (QED) is 0.766. The second-order valence-electron chi connectivity index (χ2n) is 5.22. The Balaban J connectivity index is 1.98. The molecule has 0 aliphatic rings. The molecule has 2 N–H and O–H groups in total. The van der Waals surface area contributed by atoms with E-state index in [1.807, 2.05) is 0 Å². The zero-order chi connectivity index (χ0) is 16.7. The Bertz CT molecular complexity index is 663. The van der Waals surface area contributed by atoms with E-state index in [1.54, 1.807) is 35.4 Å². The number of pyridine rings is 1. The van der Waals surface area contributed by atoms with Crippen molar-refractivity contribution in [3.63, 3.8) is 0 Å². The molecule has 0 spiro atoms. The average Bonchev–Trinajstić information content (AvgIpc) is 3.01. The number of carbonyl (C=O) groups excluding carboxylic acids is 2. The number of anilines is 1. The number of nitrogens with one attached hydrogen (secondary N) is 2. The van der Waals surface area contributed by atoms with E-state index in [2.05, 4.69) is 27.5 Å². The second kappa shape index (κ2) is 8.07. The highest BCUT2D eigenvalue weighted by Crippen LogP contribution is 2.10. The highest BCUT2D eigenvalue weighted by atomic mass is 16.2. The fourth-order valence-electron chi connectivity index (χ4n) is 2.05. The van der Waals surface area contributed by atoms with Crippen molar-refractivity contribution in [2.75, 3.05) is 11.9 Å². The van der Waals surface area contributed by atoms with E-state index in [1.165, 1.54) is 6.92 Å². The molecule has 122 valence electrons. The summed E-state index contributed by atoms with van der Waals surface area (Å²) in [7, 11) is 0. The first-order valence-corrected chi connectivity index (χ1v) is 7.66. The number of aromatic nitrogens is 3. The van der Waals surface area contributed by atoms with Gasteiger partial charge in [0, 0.05) is 19.7 Å². The van der Waals surface area contributed by atoms with Crippen LogP contribution in [0, 0.1) is 0 Å². The minimum Gasteiger partial charge on any atom is -0.351 e. The fourth-order valence-corrected chi connectivity index (χ4v) is 2.05. The molecule has 0 atom stereocenters. The Morgan fingerprint density at radius 1 is 1.22 bits per heavy atom. The maximum Gasteiger partial charge on any atom is 0.271 e. The van der Waals surface area contributed by atoms with Crippen LogP contribution in [0.1, 0.15) is 43.6 Å². The fraction of sp³-hybridized carbons (Fsp3) is 0.375. The van der Waals surface area contributed by atoms with Gasteiger partial charge in [-0.05, 0) is 18.6 Å². The maximum atomic E-state index is 12.0. The first-order valence-electron chi connectivity index (χ1n) is 7.66. The van der Waals surface area contributed by atoms with Crippen LogP contribution in [0.15, 0.2) is 30.9 Å². The molecule has 7 heteroatoms. The molecule has 2 aromatic heterocycles. The largest absolute Gasteiger partial charge is 0.351 e. The lowest BCUT2D eigenvalue weighted by molar-refractivity contribution is -0.114. The van der Waals surface area contributed by atoms with Gasteiger partial charge in [-0.2, -0.15) is 0 Å². The molecule has 2 heterocycles. The molecule has 0 saturated heterocycles. The molecule has 0 radical (unpaired) electrons. The number of amides is 2. The smallest absolute Gasteiger partial charge is 0.271 e. The van der Waals surface area contributed by atoms with Crippen LogP contribution in [0.25, 0.3) is 5.82 Å². The van der Waals surface area contributed by atoms with Crippen molar-refractivity contribution in [3.05, 3.63) is 36.5 Å². The Hall–Kier alpha value is -2.70. The minimum absolute atomic E-state index is 0.149. The number of hydrogen-bond acceptors (Lipinski definition) is 4. The van der Waals surface area contributed by atoms with Crippen LogP contribution in [-0.2, 0) is 4.79 Å². The zero-order valence-electron chi connectivity index (χ0n) is 13.4. The molecule has 0 unspecified atom stereocenters. The SMILES string of the molecule is CCCCCNC(=O)c1cn(-c2ccc(NC(C)=O)cn2)cn1. The number of hydrogen-bond donors (Lipinski definition) is 2. The van der Waals surface area contributed by atoms with Crippen molar-refractivity contribution in [1.29, 1.82) is 0 Å². The maximum absolute atomic E-state index is 12.0. The van der Waals surface area contributed by atoms with E-state index in [0.29, 0.717) is 23.7 Å². The zero-order valence-corrected chi connectivity index (χ0v) is 13.4. The summed E-state index contributed by atoms with van der Waals surface area (Å²) in [5, 5.41) is 5.50. The summed E-state index contributed by atoms with van der Waals surface area (Å²) < 4.78 is 1.67. The van der Waals surface area contributed by atoms with E-state index >= 15 is 0 Å². The summed E-state index contributed by atoms with van der Waals surface area (Å²) in [6.45, 7) is 4.21. The summed E-state index contributed by atoms with van der Waals surface area (Å²) >= 11 is 0. The van der Waals surface area contributed by atoms with Gasteiger partial charge in [-0.3, -0.25) is 14.2 Å². The molecular weight excluding hydrogens is 294 g/mol. The lowest BCUT2D eigenvalue weighted by Gasteiger charge is -2.04. The first kappa shape index (κ1) is 16.7. The van der Waals surface area contributed by atoms with E-state index in [-0.39, 0.29) is 11.8 Å². The molecule has 0 bridgehead atoms. The molecule has 0 saturated carbocycles. The lowest BCUT2D eigenvalue weighted by Crippen LogP contribution is -2.24. The monoisotopic (exact) mass is 315 g/mol. The Morgan fingerprint density at radius 3 is 2.70 bits per heavy atom. The number of imidazole rings is 1. The van der Waals surface area contributed by atoms with Crippen molar-refractivity contribution in [2.45, 2.75) is 33.1 Å². The summed E-state index contributed by atoms with van der Waals surface area (Å²) in [5.74, 6) is 0.288.